The Morgan fingerprint density at radius 1 is 1.09 bits per heavy atom. The maximum absolute atomic E-state index is 13.0. The van der Waals surface area contributed by atoms with E-state index in [0.717, 1.165) is 0 Å². The molecule has 1 aromatic carbocycles. The van der Waals surface area contributed by atoms with Gasteiger partial charge in [0, 0.05) is 11.8 Å². The first-order chi connectivity index (χ1) is 15.7. The molecule has 1 unspecified atom stereocenters. The molecule has 3 aromatic heterocycles. The summed E-state index contributed by atoms with van der Waals surface area (Å²) in [6.45, 7) is 2.98. The number of thioether (sulfide) groups is 1. The van der Waals surface area contributed by atoms with E-state index >= 15 is 0 Å². The van der Waals surface area contributed by atoms with Crippen LogP contribution < -0.4 is 14.8 Å². The van der Waals surface area contributed by atoms with Gasteiger partial charge in [0.1, 0.15) is 24.6 Å². The molecule has 0 saturated heterocycles. The lowest BCUT2D eigenvalue weighted by Crippen LogP contribution is -2.25. The Bertz CT molecular complexity index is 1150. The Kier molecular flexibility index (Phi) is 5.64. The van der Waals surface area contributed by atoms with E-state index in [0.29, 0.717) is 64.9 Å². The standard InChI is InChI=1S/C23H21N3O5S/c1-2-19(22(27)24-14-7-8-15-18(13-14)31-12-11-30-15)32-23-25-20(16-5-3-9-28-16)21(26-23)17-6-4-10-29-17/h3-10,13,19H,2,11-12H2,1H3,(H,24,27)(H,25,26). The third-order valence-corrected chi connectivity index (χ3v) is 6.18. The number of anilines is 1. The highest BCUT2D eigenvalue weighted by molar-refractivity contribution is 8.00. The Labute approximate surface area is 188 Å². The molecule has 0 aliphatic carbocycles. The Balaban J connectivity index is 1.35. The molecule has 32 heavy (non-hydrogen) atoms. The molecule has 8 nitrogen and oxygen atoms in total. The average Bonchev–Trinajstić information content (AvgIpc) is 3.58. The van der Waals surface area contributed by atoms with Gasteiger partial charge in [-0.15, -0.1) is 0 Å². The number of amides is 1. The van der Waals surface area contributed by atoms with E-state index in [1.54, 1.807) is 36.8 Å². The first kappa shape index (κ1) is 20.3. The van der Waals surface area contributed by atoms with Gasteiger partial charge < -0.3 is 28.6 Å². The van der Waals surface area contributed by atoms with Crippen LogP contribution in [0.25, 0.3) is 22.9 Å². The summed E-state index contributed by atoms with van der Waals surface area (Å²) in [4.78, 5) is 20.9. The second kappa shape index (κ2) is 8.88. The molecule has 0 saturated carbocycles. The van der Waals surface area contributed by atoms with Gasteiger partial charge in [-0.1, -0.05) is 18.7 Å². The van der Waals surface area contributed by atoms with Gasteiger partial charge in [-0.2, -0.15) is 0 Å². The van der Waals surface area contributed by atoms with Crippen molar-refractivity contribution >= 4 is 23.4 Å². The number of ether oxygens (including phenoxy) is 2. The van der Waals surface area contributed by atoms with Crippen molar-refractivity contribution in [3.05, 3.63) is 55.0 Å². The number of nitrogens with one attached hydrogen (secondary N) is 2. The Morgan fingerprint density at radius 2 is 1.84 bits per heavy atom. The number of aromatic amines is 1. The number of furan rings is 2. The number of nitrogens with zero attached hydrogens (tertiary/aromatic N) is 1. The maximum Gasteiger partial charge on any atom is 0.237 e. The zero-order valence-electron chi connectivity index (χ0n) is 17.3. The minimum absolute atomic E-state index is 0.121. The van der Waals surface area contributed by atoms with Gasteiger partial charge in [-0.3, -0.25) is 4.79 Å². The van der Waals surface area contributed by atoms with Crippen molar-refractivity contribution in [2.24, 2.45) is 0 Å². The molecule has 0 radical (unpaired) electrons. The van der Waals surface area contributed by atoms with Crippen LogP contribution in [0.2, 0.25) is 0 Å². The van der Waals surface area contributed by atoms with Crippen LogP contribution in [-0.2, 0) is 4.79 Å². The number of aromatic nitrogens is 2. The molecule has 164 valence electrons. The molecule has 1 amide bonds. The van der Waals surface area contributed by atoms with Gasteiger partial charge in [0.25, 0.3) is 0 Å². The van der Waals surface area contributed by atoms with Crippen molar-refractivity contribution in [1.82, 2.24) is 9.97 Å². The predicted molar refractivity (Wildman–Crippen MR) is 120 cm³/mol. The highest BCUT2D eigenvalue weighted by Crippen LogP contribution is 2.36. The van der Waals surface area contributed by atoms with Crippen LogP contribution in [0.1, 0.15) is 13.3 Å². The van der Waals surface area contributed by atoms with Crippen LogP contribution >= 0.6 is 11.8 Å². The molecule has 2 N–H and O–H groups in total. The van der Waals surface area contributed by atoms with E-state index in [4.69, 9.17) is 18.3 Å². The first-order valence-corrected chi connectivity index (χ1v) is 11.1. The summed E-state index contributed by atoms with van der Waals surface area (Å²) in [5.41, 5.74) is 1.99. The molecule has 4 heterocycles. The van der Waals surface area contributed by atoms with E-state index in [1.807, 2.05) is 25.1 Å². The third kappa shape index (κ3) is 4.11. The molecule has 0 fully saturated rings. The van der Waals surface area contributed by atoms with Crippen LogP contribution in [0.3, 0.4) is 0 Å². The van der Waals surface area contributed by atoms with Crippen LogP contribution in [0.15, 0.2) is 69.0 Å². The first-order valence-electron chi connectivity index (χ1n) is 10.3. The van der Waals surface area contributed by atoms with E-state index in [1.165, 1.54) is 11.8 Å². The van der Waals surface area contributed by atoms with Crippen LogP contribution in [0.4, 0.5) is 5.69 Å². The minimum Gasteiger partial charge on any atom is -0.486 e. The number of carbonyl (C=O) groups is 1. The molecule has 0 bridgehead atoms. The third-order valence-electron chi connectivity index (χ3n) is 4.93. The summed E-state index contributed by atoms with van der Waals surface area (Å²) < 4.78 is 22.2. The monoisotopic (exact) mass is 451 g/mol. The normalized spacial score (nSPS) is 13.7. The lowest BCUT2D eigenvalue weighted by atomic mass is 10.2. The molecule has 1 aliphatic rings. The molecule has 1 atom stereocenters. The number of carbonyl (C=O) groups excluding carboxylic acids is 1. The second-order valence-electron chi connectivity index (χ2n) is 7.08. The quantitative estimate of drug-likeness (QED) is 0.372. The summed E-state index contributed by atoms with van der Waals surface area (Å²) >= 11 is 1.36. The van der Waals surface area contributed by atoms with Crippen molar-refractivity contribution < 1.29 is 23.1 Å². The summed E-state index contributed by atoms with van der Waals surface area (Å²) in [5, 5.41) is 3.21. The maximum atomic E-state index is 13.0. The van der Waals surface area contributed by atoms with Gasteiger partial charge in [-0.05, 0) is 42.8 Å². The topological polar surface area (TPSA) is 103 Å². The van der Waals surface area contributed by atoms with Crippen LogP contribution in [-0.4, -0.2) is 34.3 Å². The fourth-order valence-corrected chi connectivity index (χ4v) is 4.31. The summed E-state index contributed by atoms with van der Waals surface area (Å²) in [6.07, 6.45) is 3.82. The molecule has 4 aromatic rings. The lowest BCUT2D eigenvalue weighted by Gasteiger charge is -2.19. The zero-order chi connectivity index (χ0) is 21.9. The van der Waals surface area contributed by atoms with E-state index in [9.17, 15) is 4.79 Å². The highest BCUT2D eigenvalue weighted by Gasteiger charge is 2.24. The van der Waals surface area contributed by atoms with Crippen LogP contribution in [0.5, 0.6) is 11.5 Å². The fraction of sp³-hybridized carbons (Fsp3) is 0.217. The Hall–Kier alpha value is -3.59. The number of hydrogen-bond donors (Lipinski definition) is 2. The molecular formula is C23H21N3O5S. The summed E-state index contributed by atoms with van der Waals surface area (Å²) in [7, 11) is 0. The van der Waals surface area contributed by atoms with E-state index < -0.39 is 0 Å². The van der Waals surface area contributed by atoms with Crippen molar-refractivity contribution in [3.63, 3.8) is 0 Å². The summed E-state index contributed by atoms with van der Waals surface area (Å²) in [5.74, 6) is 2.46. The lowest BCUT2D eigenvalue weighted by molar-refractivity contribution is -0.115. The van der Waals surface area contributed by atoms with Crippen molar-refractivity contribution in [2.45, 2.75) is 23.8 Å². The molecule has 9 heteroatoms. The highest BCUT2D eigenvalue weighted by atomic mass is 32.2. The van der Waals surface area contributed by atoms with E-state index in [2.05, 4.69) is 15.3 Å². The van der Waals surface area contributed by atoms with Gasteiger partial charge in [0.15, 0.2) is 28.2 Å². The van der Waals surface area contributed by atoms with E-state index in [-0.39, 0.29) is 11.2 Å². The largest absolute Gasteiger partial charge is 0.486 e. The minimum atomic E-state index is -0.358. The number of hydrogen-bond acceptors (Lipinski definition) is 7. The number of imidazole rings is 1. The molecule has 0 spiro atoms. The molecule has 1 aliphatic heterocycles. The molecular weight excluding hydrogens is 430 g/mol. The van der Waals surface area contributed by atoms with Gasteiger partial charge >= 0.3 is 0 Å². The smallest absolute Gasteiger partial charge is 0.237 e. The SMILES string of the molecule is CCC(Sc1nc(-c2ccco2)c(-c2ccco2)[nH]1)C(=O)Nc1ccc2c(c1)OCCO2. The van der Waals surface area contributed by atoms with Gasteiger partial charge in [0.2, 0.25) is 5.91 Å². The van der Waals surface area contributed by atoms with Crippen molar-refractivity contribution in [2.75, 3.05) is 18.5 Å². The average molecular weight is 452 g/mol. The van der Waals surface area contributed by atoms with Gasteiger partial charge in [-0.25, -0.2) is 4.98 Å². The Morgan fingerprint density at radius 3 is 2.56 bits per heavy atom. The van der Waals surface area contributed by atoms with Crippen molar-refractivity contribution in [1.29, 1.82) is 0 Å². The second-order valence-corrected chi connectivity index (χ2v) is 8.27. The number of fused-ring (bicyclic) bond motifs is 1. The number of rotatable bonds is 7. The summed E-state index contributed by atoms with van der Waals surface area (Å²) in [6, 6.07) is 12.7. The predicted octanol–water partition coefficient (Wildman–Crippen LogP) is 5.21. The van der Waals surface area contributed by atoms with Crippen molar-refractivity contribution in [3.8, 4) is 34.4 Å². The number of benzene rings is 1. The number of H-pyrrole nitrogens is 1. The zero-order valence-corrected chi connectivity index (χ0v) is 18.1. The molecule has 5 rings (SSSR count). The van der Waals surface area contributed by atoms with Gasteiger partial charge in [0.05, 0.1) is 17.8 Å². The van der Waals surface area contributed by atoms with Crippen LogP contribution in [0, 0.1) is 0 Å². The fourth-order valence-electron chi connectivity index (χ4n) is 3.40.